The van der Waals surface area contributed by atoms with Crippen molar-refractivity contribution in [2.75, 3.05) is 26.3 Å². The molecule has 0 saturated carbocycles. The molecule has 0 radical (unpaired) electrons. The molecule has 11 nitrogen and oxygen atoms in total. The van der Waals surface area contributed by atoms with Gasteiger partial charge in [0, 0.05) is 30.7 Å². The molecule has 3 aromatic rings. The first-order valence-electron chi connectivity index (χ1n) is 12.0. The minimum absolute atomic E-state index is 0.138. The van der Waals surface area contributed by atoms with Gasteiger partial charge in [0.1, 0.15) is 11.3 Å². The highest BCUT2D eigenvalue weighted by molar-refractivity contribution is 6.30. The van der Waals surface area contributed by atoms with Crippen LogP contribution in [-0.2, 0) is 11.8 Å². The molecular weight excluding hydrogens is 500 g/mol. The lowest BCUT2D eigenvalue weighted by molar-refractivity contribution is 0.0517. The number of hydrogen-bond acceptors (Lipinski definition) is 7. The number of aliphatic hydroxyl groups excluding tert-OH is 1. The van der Waals surface area contributed by atoms with Gasteiger partial charge in [-0.1, -0.05) is 30.7 Å². The van der Waals surface area contributed by atoms with Crippen LogP contribution < -0.4 is 10.9 Å². The Labute approximate surface area is 218 Å². The molecule has 0 atom stereocenters. The average Bonchev–Trinajstić information content (AvgIpc) is 3.34. The third-order valence-electron chi connectivity index (χ3n) is 6.32. The summed E-state index contributed by atoms with van der Waals surface area (Å²) in [6.45, 7) is 2.50. The molecule has 1 aliphatic heterocycles. The van der Waals surface area contributed by atoms with Gasteiger partial charge in [0.05, 0.1) is 36.8 Å². The fraction of sp³-hybridized carbons (Fsp3) is 0.400. The first-order chi connectivity index (χ1) is 17.7. The van der Waals surface area contributed by atoms with Crippen molar-refractivity contribution in [3.8, 4) is 16.9 Å². The van der Waals surface area contributed by atoms with E-state index in [4.69, 9.17) is 16.3 Å². The van der Waals surface area contributed by atoms with Gasteiger partial charge >= 0.3 is 6.09 Å². The van der Waals surface area contributed by atoms with E-state index in [1.807, 2.05) is 6.92 Å². The molecule has 0 spiro atoms. The molecule has 1 saturated heterocycles. The summed E-state index contributed by atoms with van der Waals surface area (Å²) in [5.74, 6) is -0.642. The number of nitrogens with one attached hydrogen (secondary N) is 1. The molecule has 12 heteroatoms. The number of benzene rings is 1. The number of nitrogens with zero attached hydrogens (tertiary/aromatic N) is 5. The van der Waals surface area contributed by atoms with E-state index in [2.05, 4.69) is 15.5 Å². The lowest BCUT2D eigenvalue weighted by Crippen LogP contribution is -2.58. The van der Waals surface area contributed by atoms with E-state index in [-0.39, 0.29) is 12.2 Å². The molecule has 2 N–H and O–H groups in total. The van der Waals surface area contributed by atoms with Crippen molar-refractivity contribution >= 4 is 23.6 Å². The van der Waals surface area contributed by atoms with Gasteiger partial charge in [0.25, 0.3) is 11.5 Å². The minimum atomic E-state index is -0.992. The number of aliphatic hydroxyl groups is 1. The van der Waals surface area contributed by atoms with E-state index < -0.39 is 23.1 Å². The summed E-state index contributed by atoms with van der Waals surface area (Å²) in [5.41, 5.74) is -0.316. The first kappa shape index (κ1) is 26.4. The molecule has 2 amide bonds. The topological polar surface area (TPSA) is 132 Å². The van der Waals surface area contributed by atoms with Gasteiger partial charge in [-0.05, 0) is 37.5 Å². The van der Waals surface area contributed by atoms with E-state index in [0.717, 1.165) is 11.1 Å². The van der Waals surface area contributed by atoms with E-state index in [1.165, 1.54) is 16.9 Å². The second-order valence-electron chi connectivity index (χ2n) is 9.03. The molecule has 196 valence electrons. The van der Waals surface area contributed by atoms with Gasteiger partial charge in [-0.2, -0.15) is 14.9 Å². The van der Waals surface area contributed by atoms with E-state index in [1.54, 1.807) is 42.4 Å². The highest BCUT2D eigenvalue weighted by Gasteiger charge is 2.38. The van der Waals surface area contributed by atoms with Gasteiger partial charge in [0.2, 0.25) is 0 Å². The minimum Gasteiger partial charge on any atom is -0.449 e. The summed E-state index contributed by atoms with van der Waals surface area (Å²) in [5, 5.41) is 22.2. The van der Waals surface area contributed by atoms with Crippen molar-refractivity contribution in [2.24, 2.45) is 7.05 Å². The molecule has 0 bridgehead atoms. The molecular formula is C25H29ClN6O5. The highest BCUT2D eigenvalue weighted by atomic mass is 35.5. The average molecular weight is 529 g/mol. The number of carbonyl (C=O) groups excluding carboxylic acids is 2. The maximum absolute atomic E-state index is 13.5. The summed E-state index contributed by atoms with van der Waals surface area (Å²) in [4.78, 5) is 40.6. The largest absolute Gasteiger partial charge is 0.449 e. The van der Waals surface area contributed by atoms with Crippen LogP contribution in [0, 0.1) is 0 Å². The van der Waals surface area contributed by atoms with Crippen molar-refractivity contribution in [1.29, 1.82) is 0 Å². The number of ether oxygens (including phenoxy) is 1. The zero-order valence-electron chi connectivity index (χ0n) is 20.7. The van der Waals surface area contributed by atoms with Gasteiger partial charge in [0.15, 0.2) is 0 Å². The molecule has 1 fully saturated rings. The highest BCUT2D eigenvalue weighted by Crippen LogP contribution is 2.24. The van der Waals surface area contributed by atoms with Crippen LogP contribution in [0.25, 0.3) is 16.9 Å². The Hall–Kier alpha value is -3.70. The Morgan fingerprint density at radius 1 is 1.22 bits per heavy atom. The van der Waals surface area contributed by atoms with Crippen molar-refractivity contribution in [2.45, 2.75) is 31.7 Å². The van der Waals surface area contributed by atoms with Crippen LogP contribution in [0.4, 0.5) is 4.79 Å². The lowest BCUT2D eigenvalue weighted by atomic mass is 9.88. The summed E-state index contributed by atoms with van der Waals surface area (Å²) in [6, 6.07) is 8.30. The van der Waals surface area contributed by atoms with Crippen LogP contribution in [-0.4, -0.2) is 73.4 Å². The summed E-state index contributed by atoms with van der Waals surface area (Å²) >= 11 is 6.02. The fourth-order valence-electron chi connectivity index (χ4n) is 4.14. The zero-order chi connectivity index (χ0) is 26.6. The maximum Gasteiger partial charge on any atom is 0.409 e. The van der Waals surface area contributed by atoms with E-state index in [9.17, 15) is 19.5 Å². The van der Waals surface area contributed by atoms with Gasteiger partial charge in [-0.25, -0.2) is 4.79 Å². The lowest BCUT2D eigenvalue weighted by Gasteiger charge is -2.40. The molecule has 4 rings (SSSR count). The monoisotopic (exact) mass is 528 g/mol. The SMILES string of the molecule is CCCOC(=O)N1CCC(CO)(NC(=O)c2cc(-c3ccc(Cl)cc3)nn(-c3cnn(C)c3)c2=O)CC1. The molecule has 1 aromatic carbocycles. The van der Waals surface area contributed by atoms with Crippen molar-refractivity contribution in [3.63, 3.8) is 0 Å². The fourth-order valence-corrected chi connectivity index (χ4v) is 4.27. The van der Waals surface area contributed by atoms with E-state index in [0.29, 0.717) is 54.5 Å². The Bertz CT molecular complexity index is 1330. The smallest absolute Gasteiger partial charge is 0.409 e. The number of rotatable bonds is 7. The number of piperidine rings is 1. The summed E-state index contributed by atoms with van der Waals surface area (Å²) in [6.07, 6.45) is 4.01. The number of halogens is 1. The Kier molecular flexibility index (Phi) is 7.94. The Morgan fingerprint density at radius 2 is 1.92 bits per heavy atom. The molecule has 1 aliphatic rings. The van der Waals surface area contributed by atoms with Crippen LogP contribution in [0.3, 0.4) is 0 Å². The van der Waals surface area contributed by atoms with E-state index >= 15 is 0 Å². The van der Waals surface area contributed by atoms with Gasteiger partial charge in [-0.3, -0.25) is 14.3 Å². The molecule has 2 aromatic heterocycles. The summed E-state index contributed by atoms with van der Waals surface area (Å²) < 4.78 is 7.84. The van der Waals surface area contributed by atoms with Gasteiger partial charge < -0.3 is 20.1 Å². The third kappa shape index (κ3) is 5.83. The third-order valence-corrected chi connectivity index (χ3v) is 6.57. The molecule has 37 heavy (non-hydrogen) atoms. The van der Waals surface area contributed by atoms with Crippen LogP contribution >= 0.6 is 11.6 Å². The normalized spacial score (nSPS) is 14.9. The maximum atomic E-state index is 13.5. The van der Waals surface area contributed by atoms with Crippen LogP contribution in [0.1, 0.15) is 36.5 Å². The molecule has 3 heterocycles. The number of likely N-dealkylation sites (tertiary alicyclic amines) is 1. The van der Waals surface area contributed by atoms with Crippen molar-refractivity contribution in [1.82, 2.24) is 29.8 Å². The number of aromatic nitrogens is 4. The van der Waals surface area contributed by atoms with Crippen molar-refractivity contribution in [3.05, 3.63) is 63.7 Å². The second kappa shape index (κ2) is 11.1. The molecule has 0 unspecified atom stereocenters. The Balaban J connectivity index is 1.64. The number of aryl methyl sites for hydroxylation is 1. The van der Waals surface area contributed by atoms with Crippen LogP contribution in [0.2, 0.25) is 5.02 Å². The number of amides is 2. The predicted octanol–water partition coefficient (Wildman–Crippen LogP) is 2.39. The van der Waals surface area contributed by atoms with Crippen LogP contribution in [0.5, 0.6) is 0 Å². The standard InChI is InChI=1S/C25H29ClN6O5/c1-3-12-37-24(36)31-10-8-25(16-33,9-11-31)28-22(34)20-13-21(17-4-6-18(26)7-5-17)29-32(23(20)35)19-14-27-30(2)15-19/h4-7,13-15,33H,3,8-12,16H2,1-2H3,(H,28,34). The second-order valence-corrected chi connectivity index (χ2v) is 9.47. The zero-order valence-corrected chi connectivity index (χ0v) is 21.4. The van der Waals surface area contributed by atoms with Crippen LogP contribution in [0.15, 0.2) is 47.5 Å². The number of carbonyl (C=O) groups is 2. The number of hydrogen-bond donors (Lipinski definition) is 2. The quantitative estimate of drug-likeness (QED) is 0.481. The predicted molar refractivity (Wildman–Crippen MR) is 137 cm³/mol. The van der Waals surface area contributed by atoms with Gasteiger partial charge in [-0.15, -0.1) is 0 Å². The Morgan fingerprint density at radius 3 is 2.51 bits per heavy atom. The molecule has 0 aliphatic carbocycles. The van der Waals surface area contributed by atoms with Crippen molar-refractivity contribution < 1.29 is 19.4 Å². The summed E-state index contributed by atoms with van der Waals surface area (Å²) in [7, 11) is 1.71. The first-order valence-corrected chi connectivity index (χ1v) is 12.4.